The van der Waals surface area contributed by atoms with Gasteiger partial charge in [0, 0.05) is 13.0 Å². The summed E-state index contributed by atoms with van der Waals surface area (Å²) in [6.45, 7) is 3.84. The monoisotopic (exact) mass is 427 g/mol. The van der Waals surface area contributed by atoms with Crippen LogP contribution in [0.15, 0.2) is 36.7 Å². The Kier molecular flexibility index (Phi) is 7.11. The van der Waals surface area contributed by atoms with Crippen LogP contribution in [-0.4, -0.2) is 44.4 Å². The predicted octanol–water partition coefficient (Wildman–Crippen LogP) is 1.00. The van der Waals surface area contributed by atoms with Crippen LogP contribution in [0, 0.1) is 11.8 Å². The molecule has 0 saturated heterocycles. The minimum Gasteiger partial charge on any atom is -0.445 e. The highest BCUT2D eigenvalue weighted by Crippen LogP contribution is 2.17. The molecule has 2 heterocycles. The molecule has 10 heteroatoms. The summed E-state index contributed by atoms with van der Waals surface area (Å²) in [4.78, 5) is 49.8. The fourth-order valence-electron chi connectivity index (χ4n) is 3.36. The summed E-state index contributed by atoms with van der Waals surface area (Å²) >= 11 is 0. The topological polar surface area (TPSA) is 132 Å². The van der Waals surface area contributed by atoms with Gasteiger partial charge in [0.2, 0.25) is 5.78 Å². The van der Waals surface area contributed by atoms with Gasteiger partial charge in [-0.3, -0.25) is 14.4 Å². The molecule has 0 fully saturated rings. The van der Waals surface area contributed by atoms with Crippen LogP contribution in [0.2, 0.25) is 0 Å². The average molecular weight is 427 g/mol. The van der Waals surface area contributed by atoms with Crippen molar-refractivity contribution in [3.63, 3.8) is 0 Å². The number of hydrogen-bond donors (Lipinski definition) is 2. The van der Waals surface area contributed by atoms with Crippen LogP contribution in [0.1, 0.15) is 31.7 Å². The summed E-state index contributed by atoms with van der Waals surface area (Å²) < 4.78 is 6.85. The Morgan fingerprint density at radius 3 is 2.71 bits per heavy atom. The van der Waals surface area contributed by atoms with Gasteiger partial charge in [0.25, 0.3) is 5.91 Å². The van der Waals surface area contributed by atoms with Gasteiger partial charge < -0.3 is 19.9 Å². The molecule has 1 aliphatic rings. The number of benzene rings is 1. The second-order valence-electron chi connectivity index (χ2n) is 7.74. The Bertz CT molecular complexity index is 956. The summed E-state index contributed by atoms with van der Waals surface area (Å²) in [6.07, 6.45) is 0.529. The molecule has 2 unspecified atom stereocenters. The Morgan fingerprint density at radius 1 is 1.26 bits per heavy atom. The fraction of sp³-hybridized carbons (Fsp3) is 0.429. The standard InChI is InChI=1S/C21H25N5O5/c1-13(2)18(24-21(30)31-11-14-6-4-3-5-7-14)16(27)8-15-10-26-12-23-25-17(26)9-22-20(29)19(15)28/h3-7,12-13,15,18H,8-11H2,1-2H3,(H,22,29)(H,24,30). The van der Waals surface area contributed by atoms with Gasteiger partial charge in [-0.2, -0.15) is 0 Å². The van der Waals surface area contributed by atoms with Gasteiger partial charge >= 0.3 is 6.09 Å². The Balaban J connectivity index is 1.64. The van der Waals surface area contributed by atoms with E-state index in [2.05, 4.69) is 20.8 Å². The molecule has 0 radical (unpaired) electrons. The molecule has 0 spiro atoms. The number of hydrogen-bond acceptors (Lipinski definition) is 7. The number of nitrogens with one attached hydrogen (secondary N) is 2. The number of ether oxygens (including phenoxy) is 1. The number of amides is 2. The second kappa shape index (κ2) is 9.96. The lowest BCUT2D eigenvalue weighted by molar-refractivity contribution is -0.142. The van der Waals surface area contributed by atoms with Gasteiger partial charge in [0.1, 0.15) is 12.9 Å². The second-order valence-corrected chi connectivity index (χ2v) is 7.74. The van der Waals surface area contributed by atoms with Crippen molar-refractivity contribution in [3.05, 3.63) is 48.0 Å². The van der Waals surface area contributed by atoms with Gasteiger partial charge in [-0.15, -0.1) is 10.2 Å². The van der Waals surface area contributed by atoms with E-state index in [4.69, 9.17) is 4.74 Å². The molecule has 164 valence electrons. The van der Waals surface area contributed by atoms with Gasteiger partial charge in [0.15, 0.2) is 11.6 Å². The number of ketones is 2. The van der Waals surface area contributed by atoms with E-state index in [0.717, 1.165) is 5.56 Å². The summed E-state index contributed by atoms with van der Waals surface area (Å²) in [5, 5.41) is 12.8. The van der Waals surface area contributed by atoms with Crippen LogP contribution in [-0.2, 0) is 38.8 Å². The molecule has 10 nitrogen and oxygen atoms in total. The number of nitrogens with zero attached hydrogens (tertiary/aromatic N) is 3. The van der Waals surface area contributed by atoms with Crippen LogP contribution in [0.25, 0.3) is 0 Å². The first-order chi connectivity index (χ1) is 14.8. The molecule has 0 bridgehead atoms. The molecule has 1 aromatic carbocycles. The van der Waals surface area contributed by atoms with E-state index in [1.807, 2.05) is 30.3 Å². The highest BCUT2D eigenvalue weighted by Gasteiger charge is 2.34. The number of Topliss-reactive ketones (excluding diaryl/α,β-unsaturated/α-hetero) is 2. The van der Waals surface area contributed by atoms with E-state index < -0.39 is 29.7 Å². The predicted molar refractivity (Wildman–Crippen MR) is 108 cm³/mol. The van der Waals surface area contributed by atoms with Crippen LogP contribution in [0.3, 0.4) is 0 Å². The lowest BCUT2D eigenvalue weighted by atomic mass is 9.89. The van der Waals surface area contributed by atoms with Gasteiger partial charge in [0.05, 0.1) is 18.5 Å². The number of carbonyl (C=O) groups excluding carboxylic acids is 4. The first-order valence-corrected chi connectivity index (χ1v) is 10.0. The minimum absolute atomic E-state index is 0.0728. The third-order valence-corrected chi connectivity index (χ3v) is 5.06. The molecule has 2 amide bonds. The Labute approximate surface area is 179 Å². The van der Waals surface area contributed by atoms with E-state index in [1.165, 1.54) is 6.33 Å². The van der Waals surface area contributed by atoms with Crippen molar-refractivity contribution in [2.75, 3.05) is 0 Å². The third-order valence-electron chi connectivity index (χ3n) is 5.06. The molecule has 31 heavy (non-hydrogen) atoms. The fourth-order valence-corrected chi connectivity index (χ4v) is 3.36. The zero-order valence-corrected chi connectivity index (χ0v) is 17.4. The molecular weight excluding hydrogens is 402 g/mol. The first kappa shape index (κ1) is 22.1. The zero-order valence-electron chi connectivity index (χ0n) is 17.4. The summed E-state index contributed by atoms with van der Waals surface area (Å²) in [5.41, 5.74) is 0.820. The van der Waals surface area contributed by atoms with E-state index in [9.17, 15) is 19.2 Å². The molecule has 2 N–H and O–H groups in total. The summed E-state index contributed by atoms with van der Waals surface area (Å²) in [5.74, 6) is -2.41. The molecular formula is C21H25N5O5. The van der Waals surface area contributed by atoms with E-state index >= 15 is 0 Å². The van der Waals surface area contributed by atoms with Crippen LogP contribution in [0.5, 0.6) is 0 Å². The molecule has 3 rings (SSSR count). The number of alkyl carbamates (subject to hydrolysis) is 1. The normalized spacial score (nSPS) is 17.2. The van der Waals surface area contributed by atoms with Crippen molar-refractivity contribution in [1.82, 2.24) is 25.4 Å². The first-order valence-electron chi connectivity index (χ1n) is 10.0. The molecule has 1 aliphatic heterocycles. The van der Waals surface area contributed by atoms with Crippen molar-refractivity contribution >= 4 is 23.6 Å². The summed E-state index contributed by atoms with van der Waals surface area (Å²) in [7, 11) is 0. The van der Waals surface area contributed by atoms with E-state index in [0.29, 0.717) is 5.82 Å². The molecule has 0 saturated carbocycles. The quantitative estimate of drug-likeness (QED) is 0.630. The van der Waals surface area contributed by atoms with Gasteiger partial charge in [-0.25, -0.2) is 4.79 Å². The van der Waals surface area contributed by atoms with E-state index in [-0.39, 0.29) is 37.8 Å². The maximum Gasteiger partial charge on any atom is 0.408 e. The summed E-state index contributed by atoms with van der Waals surface area (Å²) in [6, 6.07) is 8.31. The maximum absolute atomic E-state index is 13.0. The largest absolute Gasteiger partial charge is 0.445 e. The Hall–Kier alpha value is -3.56. The van der Waals surface area contributed by atoms with E-state index in [1.54, 1.807) is 18.4 Å². The average Bonchev–Trinajstić information content (AvgIpc) is 3.19. The number of carbonyl (C=O) groups is 4. The highest BCUT2D eigenvalue weighted by atomic mass is 16.5. The van der Waals surface area contributed by atoms with Crippen molar-refractivity contribution in [3.8, 4) is 0 Å². The number of aromatic nitrogens is 3. The van der Waals surface area contributed by atoms with Gasteiger partial charge in [-0.1, -0.05) is 44.2 Å². The van der Waals surface area contributed by atoms with Crippen molar-refractivity contribution in [1.29, 1.82) is 0 Å². The van der Waals surface area contributed by atoms with Gasteiger partial charge in [-0.05, 0) is 11.5 Å². The minimum atomic E-state index is -0.883. The van der Waals surface area contributed by atoms with Crippen molar-refractivity contribution in [2.24, 2.45) is 11.8 Å². The van der Waals surface area contributed by atoms with Crippen LogP contribution >= 0.6 is 0 Å². The maximum atomic E-state index is 13.0. The Morgan fingerprint density at radius 2 is 2.00 bits per heavy atom. The van der Waals surface area contributed by atoms with Crippen LogP contribution in [0.4, 0.5) is 4.79 Å². The molecule has 1 aromatic heterocycles. The third kappa shape index (κ3) is 5.74. The zero-order chi connectivity index (χ0) is 22.4. The van der Waals surface area contributed by atoms with Crippen molar-refractivity contribution in [2.45, 2.75) is 46.0 Å². The molecule has 2 aromatic rings. The lowest BCUT2D eigenvalue weighted by Gasteiger charge is -2.24. The highest BCUT2D eigenvalue weighted by molar-refractivity contribution is 6.37. The molecule has 2 atom stereocenters. The number of fused-ring (bicyclic) bond motifs is 1. The van der Waals surface area contributed by atoms with Crippen LogP contribution < -0.4 is 10.6 Å². The lowest BCUT2D eigenvalue weighted by Crippen LogP contribution is -2.47. The smallest absolute Gasteiger partial charge is 0.408 e. The molecule has 0 aliphatic carbocycles. The van der Waals surface area contributed by atoms with Crippen molar-refractivity contribution < 1.29 is 23.9 Å². The SMILES string of the molecule is CC(C)C(NC(=O)OCc1ccccc1)C(=O)CC1Cn2cnnc2CNC(=O)C1=O. The number of rotatable bonds is 7.